The van der Waals surface area contributed by atoms with Crippen LogP contribution in [0.15, 0.2) is 204 Å². The maximum absolute atomic E-state index is 7.05. The Bertz CT molecular complexity index is 2560. The fourth-order valence-corrected chi connectivity index (χ4v) is 10.1. The zero-order valence-corrected chi connectivity index (χ0v) is 31.7. The number of hydrogen-bond acceptors (Lipinski definition) is 2. The number of ether oxygens (including phenoxy) is 1. The molecule has 6 aliphatic carbocycles. The van der Waals surface area contributed by atoms with Crippen molar-refractivity contribution in [2.75, 3.05) is 4.90 Å². The summed E-state index contributed by atoms with van der Waals surface area (Å²) in [5, 5.41) is 0. The van der Waals surface area contributed by atoms with E-state index in [4.69, 9.17) is 4.74 Å². The lowest BCUT2D eigenvalue weighted by atomic mass is 9.74. The maximum atomic E-state index is 7.05. The quantitative estimate of drug-likeness (QED) is 0.196. The van der Waals surface area contributed by atoms with Crippen LogP contribution in [0.2, 0.25) is 0 Å². The van der Waals surface area contributed by atoms with Crippen molar-refractivity contribution in [3.8, 4) is 16.9 Å². The molecule has 0 fully saturated rings. The summed E-state index contributed by atoms with van der Waals surface area (Å²) in [5.41, 5.74) is 18.6. The summed E-state index contributed by atoms with van der Waals surface area (Å²) in [6.45, 7) is 0. The summed E-state index contributed by atoms with van der Waals surface area (Å²) in [6, 6.07) is 35.5. The highest BCUT2D eigenvalue weighted by Gasteiger charge is 2.43. The van der Waals surface area contributed by atoms with Crippen LogP contribution in [0.3, 0.4) is 0 Å². The molecular formula is C54H45NO. The largest absolute Gasteiger partial charge is 0.484 e. The van der Waals surface area contributed by atoms with Gasteiger partial charge in [-0.05, 0) is 119 Å². The highest BCUT2D eigenvalue weighted by Crippen LogP contribution is 2.57. The molecule has 0 aromatic heterocycles. The molecule has 7 aliphatic rings. The predicted molar refractivity (Wildman–Crippen MR) is 232 cm³/mol. The summed E-state index contributed by atoms with van der Waals surface area (Å²) >= 11 is 0. The van der Waals surface area contributed by atoms with Gasteiger partial charge in [-0.3, -0.25) is 0 Å². The number of hydrogen-bond donors (Lipinski definition) is 0. The minimum atomic E-state index is -0.0617. The molecule has 0 bridgehead atoms. The van der Waals surface area contributed by atoms with Crippen molar-refractivity contribution >= 4 is 16.8 Å². The van der Waals surface area contributed by atoms with E-state index in [1.807, 2.05) is 0 Å². The van der Waals surface area contributed by atoms with Crippen LogP contribution in [0.4, 0.5) is 5.69 Å². The number of rotatable bonds is 6. The predicted octanol–water partition coefficient (Wildman–Crippen LogP) is 13.7. The molecule has 11 rings (SSSR count). The first-order valence-corrected chi connectivity index (χ1v) is 20.6. The minimum absolute atomic E-state index is 0.0617. The van der Waals surface area contributed by atoms with E-state index in [1.54, 1.807) is 0 Å². The van der Waals surface area contributed by atoms with Gasteiger partial charge < -0.3 is 9.64 Å². The lowest BCUT2D eigenvalue weighted by Crippen LogP contribution is -2.28. The van der Waals surface area contributed by atoms with Crippen molar-refractivity contribution in [3.63, 3.8) is 0 Å². The minimum Gasteiger partial charge on any atom is -0.484 e. The molecule has 2 heteroatoms. The van der Waals surface area contributed by atoms with Crippen LogP contribution in [0.1, 0.15) is 72.8 Å². The van der Waals surface area contributed by atoms with E-state index >= 15 is 0 Å². The lowest BCUT2D eigenvalue weighted by molar-refractivity contribution is 0.223. The zero-order chi connectivity index (χ0) is 37.0. The van der Waals surface area contributed by atoms with E-state index in [0.717, 1.165) is 37.9 Å². The van der Waals surface area contributed by atoms with Gasteiger partial charge in [-0.2, -0.15) is 0 Å². The van der Waals surface area contributed by atoms with Crippen LogP contribution in [0.25, 0.3) is 22.3 Å². The Morgan fingerprint density at radius 1 is 0.661 bits per heavy atom. The maximum Gasteiger partial charge on any atom is 0.135 e. The van der Waals surface area contributed by atoms with Crippen LogP contribution in [0, 0.1) is 11.8 Å². The van der Waals surface area contributed by atoms with Gasteiger partial charge in [0.15, 0.2) is 0 Å². The Morgan fingerprint density at radius 2 is 1.50 bits per heavy atom. The van der Waals surface area contributed by atoms with Gasteiger partial charge in [-0.25, -0.2) is 0 Å². The van der Waals surface area contributed by atoms with Gasteiger partial charge >= 0.3 is 0 Å². The Morgan fingerprint density at radius 3 is 2.39 bits per heavy atom. The molecule has 1 heterocycles. The summed E-state index contributed by atoms with van der Waals surface area (Å²) in [4.78, 5) is 2.62. The number of allylic oxidation sites excluding steroid dienone is 18. The van der Waals surface area contributed by atoms with Gasteiger partial charge in [-0.1, -0.05) is 152 Å². The summed E-state index contributed by atoms with van der Waals surface area (Å²) in [6.07, 6.45) is 37.0. The first-order chi connectivity index (χ1) is 27.8. The highest BCUT2D eigenvalue weighted by atomic mass is 16.5. The highest BCUT2D eigenvalue weighted by molar-refractivity contribution is 5.86. The number of fused-ring (bicyclic) bond motifs is 7. The van der Waals surface area contributed by atoms with Crippen molar-refractivity contribution in [2.24, 2.45) is 11.8 Å². The van der Waals surface area contributed by atoms with Gasteiger partial charge in [0.2, 0.25) is 0 Å². The molecule has 272 valence electrons. The SMILES string of the molecule is C1=CC2=CC=C(C3=C[C@H]4c5c(cccc5N(C5=CC=C(c6ccc(-c7ccccc7)cc6)CC5)C5=C6C=CCCC6CC=C5)O[C@H]4c4ccccc43)CC2C=C1. The van der Waals surface area contributed by atoms with E-state index in [1.165, 1.54) is 84.7 Å². The Balaban J connectivity index is 1.03. The van der Waals surface area contributed by atoms with Gasteiger partial charge in [0.05, 0.1) is 5.69 Å². The molecule has 0 radical (unpaired) electrons. The van der Waals surface area contributed by atoms with Gasteiger partial charge in [0.25, 0.3) is 0 Å². The molecule has 0 amide bonds. The van der Waals surface area contributed by atoms with Crippen LogP contribution in [-0.4, -0.2) is 0 Å². The van der Waals surface area contributed by atoms with Crippen LogP contribution in [0.5, 0.6) is 5.75 Å². The van der Waals surface area contributed by atoms with Crippen LogP contribution >= 0.6 is 0 Å². The molecule has 56 heavy (non-hydrogen) atoms. The third kappa shape index (κ3) is 5.70. The number of nitrogens with zero attached hydrogens (tertiary/aromatic N) is 1. The van der Waals surface area contributed by atoms with E-state index in [-0.39, 0.29) is 12.0 Å². The molecule has 4 aromatic rings. The monoisotopic (exact) mass is 723 g/mol. The lowest BCUT2D eigenvalue weighted by Gasteiger charge is -2.37. The third-order valence-electron chi connectivity index (χ3n) is 13.0. The standard InChI is InChI=1S/C54H45NO/c1-2-12-36(13-3-1)38-24-26-39(27-25-38)40-30-32-44(33-31-40)55(50-21-10-17-41-15-6-7-18-45(41)50)51-22-11-23-52-53(51)49-35-48(46-19-8-9-20-47(46)54(49)56-52)43-29-28-37-14-4-5-16-42(37)34-43/h1-5,7-14,16,18-30,32,35,41-42,49,54H,6,15,17,31,33-34H2/t41?,42?,49-,54-/m0/s1. The summed E-state index contributed by atoms with van der Waals surface area (Å²) in [7, 11) is 0. The Labute approximate surface area is 330 Å². The van der Waals surface area contributed by atoms with Crippen molar-refractivity contribution < 1.29 is 4.74 Å². The normalized spacial score (nSPS) is 24.0. The molecule has 0 N–H and O–H groups in total. The smallest absolute Gasteiger partial charge is 0.135 e. The number of anilines is 1. The van der Waals surface area contributed by atoms with E-state index < -0.39 is 0 Å². The second kappa shape index (κ2) is 13.9. The summed E-state index contributed by atoms with van der Waals surface area (Å²) < 4.78 is 7.05. The molecule has 0 spiro atoms. The molecule has 4 atom stereocenters. The average molecular weight is 724 g/mol. The first-order valence-electron chi connectivity index (χ1n) is 20.6. The van der Waals surface area contributed by atoms with E-state index in [0.29, 0.717) is 11.8 Å². The van der Waals surface area contributed by atoms with Gasteiger partial charge in [0.1, 0.15) is 11.9 Å². The molecular weight excluding hydrogens is 679 g/mol. The first kappa shape index (κ1) is 33.2. The van der Waals surface area contributed by atoms with Gasteiger partial charge in [0, 0.05) is 34.4 Å². The Hall–Kier alpha value is -6.12. The second-order valence-corrected chi connectivity index (χ2v) is 16.1. The van der Waals surface area contributed by atoms with Crippen LogP contribution in [-0.2, 0) is 0 Å². The molecule has 1 aliphatic heterocycles. The molecule has 2 unspecified atom stereocenters. The number of benzene rings is 4. The fourth-order valence-electron chi connectivity index (χ4n) is 10.1. The van der Waals surface area contributed by atoms with Crippen molar-refractivity contribution in [1.29, 1.82) is 0 Å². The molecule has 0 saturated heterocycles. The molecule has 2 nitrogen and oxygen atoms in total. The van der Waals surface area contributed by atoms with E-state index in [2.05, 4.69) is 181 Å². The van der Waals surface area contributed by atoms with Crippen molar-refractivity contribution in [2.45, 2.75) is 50.5 Å². The van der Waals surface area contributed by atoms with E-state index in [9.17, 15) is 0 Å². The van der Waals surface area contributed by atoms with Crippen LogP contribution < -0.4 is 9.64 Å². The summed E-state index contributed by atoms with van der Waals surface area (Å²) in [5.74, 6) is 2.07. The molecule has 0 saturated carbocycles. The fraction of sp³-hybridized carbons (Fsp3) is 0.185. The second-order valence-electron chi connectivity index (χ2n) is 16.1. The van der Waals surface area contributed by atoms with Gasteiger partial charge in [-0.15, -0.1) is 0 Å². The van der Waals surface area contributed by atoms with Crippen molar-refractivity contribution in [3.05, 3.63) is 226 Å². The van der Waals surface area contributed by atoms with Crippen molar-refractivity contribution in [1.82, 2.24) is 0 Å². The topological polar surface area (TPSA) is 12.5 Å². The average Bonchev–Trinajstić information content (AvgIpc) is 3.66. The zero-order valence-electron chi connectivity index (χ0n) is 31.7. The Kier molecular flexibility index (Phi) is 8.23. The molecule has 4 aromatic carbocycles. The third-order valence-corrected chi connectivity index (χ3v) is 13.0.